The minimum atomic E-state index is 1.16. The monoisotopic (exact) mass is 487 g/mol. The molecule has 0 fully saturated rings. The first-order chi connectivity index (χ1) is 18.7. The predicted octanol–water partition coefficient (Wildman–Crippen LogP) is 10.1. The van der Waals surface area contributed by atoms with Gasteiger partial charge in [0.15, 0.2) is 0 Å². The minimum absolute atomic E-state index is 1.16. The van der Waals surface area contributed by atoms with Crippen LogP contribution in [0.1, 0.15) is 22.3 Å². The molecule has 6 rings (SSSR count). The third kappa shape index (κ3) is 5.28. The van der Waals surface area contributed by atoms with Gasteiger partial charge in [-0.2, -0.15) is 0 Å². The highest BCUT2D eigenvalue weighted by atomic mass is 15.1. The molecule has 0 heterocycles. The van der Waals surface area contributed by atoms with E-state index in [0.717, 1.165) is 11.4 Å². The topological polar surface area (TPSA) is 3.24 Å². The van der Waals surface area contributed by atoms with Crippen LogP contribution in [-0.2, 0) is 0 Å². The highest BCUT2D eigenvalue weighted by molar-refractivity contribution is 5.87. The Morgan fingerprint density at radius 2 is 0.711 bits per heavy atom. The highest BCUT2D eigenvalue weighted by Crippen LogP contribution is 2.26. The largest absolute Gasteiger partial charge is 0.345 e. The van der Waals surface area contributed by atoms with Crippen LogP contribution in [0.5, 0.6) is 0 Å². The summed E-state index contributed by atoms with van der Waals surface area (Å²) in [4.78, 5) is 2.22. The van der Waals surface area contributed by atoms with E-state index >= 15 is 0 Å². The van der Waals surface area contributed by atoms with Gasteiger partial charge >= 0.3 is 0 Å². The van der Waals surface area contributed by atoms with Gasteiger partial charge < -0.3 is 4.90 Å². The summed E-state index contributed by atoms with van der Waals surface area (Å²) < 4.78 is 0. The second-order valence-electron chi connectivity index (χ2n) is 9.62. The SMILES string of the molecule is CN(c1ccc(/C=C/c2ccc3ccccc3c2)cc1)c1ccc(/C=C/c2ccc3ccccc3c2)cc1. The van der Waals surface area contributed by atoms with Crippen molar-refractivity contribution in [3.05, 3.63) is 156 Å². The summed E-state index contributed by atoms with van der Waals surface area (Å²) in [5, 5.41) is 5.07. The van der Waals surface area contributed by atoms with Crippen molar-refractivity contribution in [3.63, 3.8) is 0 Å². The first kappa shape index (κ1) is 23.5. The van der Waals surface area contributed by atoms with Gasteiger partial charge in [0.25, 0.3) is 0 Å². The van der Waals surface area contributed by atoms with Crippen molar-refractivity contribution >= 4 is 57.2 Å². The Balaban J connectivity index is 1.11. The zero-order valence-electron chi connectivity index (χ0n) is 21.5. The van der Waals surface area contributed by atoms with Crippen molar-refractivity contribution in [1.82, 2.24) is 0 Å². The van der Waals surface area contributed by atoms with Crippen LogP contribution in [0.25, 0.3) is 45.8 Å². The number of anilines is 2. The molecule has 182 valence electrons. The molecule has 1 nitrogen and oxygen atoms in total. The van der Waals surface area contributed by atoms with Crippen molar-refractivity contribution in [2.75, 3.05) is 11.9 Å². The number of nitrogens with zero attached hydrogens (tertiary/aromatic N) is 1. The van der Waals surface area contributed by atoms with E-state index in [1.54, 1.807) is 0 Å². The van der Waals surface area contributed by atoms with Crippen molar-refractivity contribution in [3.8, 4) is 0 Å². The van der Waals surface area contributed by atoms with E-state index in [0.29, 0.717) is 0 Å². The number of benzene rings is 6. The molecule has 6 aromatic carbocycles. The van der Waals surface area contributed by atoms with Crippen LogP contribution < -0.4 is 4.90 Å². The van der Waals surface area contributed by atoms with E-state index in [-0.39, 0.29) is 0 Å². The molecule has 0 radical (unpaired) electrons. The molecule has 0 saturated carbocycles. The number of hydrogen-bond donors (Lipinski definition) is 0. The Bertz CT molecular complexity index is 1620. The Kier molecular flexibility index (Phi) is 6.57. The second kappa shape index (κ2) is 10.6. The third-order valence-corrected chi connectivity index (χ3v) is 7.04. The van der Waals surface area contributed by atoms with E-state index in [4.69, 9.17) is 0 Å². The van der Waals surface area contributed by atoms with Gasteiger partial charge in [-0.05, 0) is 80.2 Å². The zero-order chi connectivity index (χ0) is 25.7. The molecule has 0 unspecified atom stereocenters. The van der Waals surface area contributed by atoms with Crippen molar-refractivity contribution in [2.24, 2.45) is 0 Å². The number of hydrogen-bond acceptors (Lipinski definition) is 1. The van der Waals surface area contributed by atoms with Crippen LogP contribution in [0.3, 0.4) is 0 Å². The molecule has 0 amide bonds. The molecule has 0 bridgehead atoms. The molecule has 0 aliphatic heterocycles. The Labute approximate surface area is 224 Å². The lowest BCUT2D eigenvalue weighted by Gasteiger charge is -2.20. The molecule has 0 aliphatic rings. The first-order valence-electron chi connectivity index (χ1n) is 13.0. The van der Waals surface area contributed by atoms with E-state index in [1.165, 1.54) is 43.8 Å². The molecule has 1 heteroatoms. The highest BCUT2D eigenvalue weighted by Gasteiger charge is 2.04. The van der Waals surface area contributed by atoms with Gasteiger partial charge in [0.1, 0.15) is 0 Å². The molecule has 0 atom stereocenters. The quantitative estimate of drug-likeness (QED) is 0.211. The van der Waals surface area contributed by atoms with Gasteiger partial charge in [-0.1, -0.05) is 121 Å². The summed E-state index contributed by atoms with van der Waals surface area (Å²) in [7, 11) is 2.11. The normalized spacial score (nSPS) is 11.6. The fourth-order valence-electron chi connectivity index (χ4n) is 4.77. The summed E-state index contributed by atoms with van der Waals surface area (Å²) in [5.74, 6) is 0. The Morgan fingerprint density at radius 3 is 1.13 bits per heavy atom. The fraction of sp³-hybridized carbons (Fsp3) is 0.0270. The summed E-state index contributed by atoms with van der Waals surface area (Å²) in [6.45, 7) is 0. The second-order valence-corrected chi connectivity index (χ2v) is 9.62. The van der Waals surface area contributed by atoms with Gasteiger partial charge in [0.2, 0.25) is 0 Å². The first-order valence-corrected chi connectivity index (χ1v) is 13.0. The molecule has 0 aliphatic carbocycles. The zero-order valence-corrected chi connectivity index (χ0v) is 21.5. The van der Waals surface area contributed by atoms with Gasteiger partial charge in [-0.25, -0.2) is 0 Å². The molecule has 0 saturated heterocycles. The van der Waals surface area contributed by atoms with Crippen LogP contribution in [0.2, 0.25) is 0 Å². The van der Waals surface area contributed by atoms with E-state index < -0.39 is 0 Å². The van der Waals surface area contributed by atoms with E-state index in [9.17, 15) is 0 Å². The lowest BCUT2D eigenvalue weighted by molar-refractivity contribution is 1.21. The van der Waals surface area contributed by atoms with Crippen LogP contribution in [0.15, 0.2) is 133 Å². The van der Waals surface area contributed by atoms with Crippen LogP contribution in [-0.4, -0.2) is 7.05 Å². The van der Waals surface area contributed by atoms with Crippen LogP contribution in [0.4, 0.5) is 11.4 Å². The Hall–Kier alpha value is -4.88. The molecular formula is C37H29N. The maximum Gasteiger partial charge on any atom is 0.0408 e. The lowest BCUT2D eigenvalue weighted by atomic mass is 10.1. The van der Waals surface area contributed by atoms with E-state index in [2.05, 4.69) is 170 Å². The average Bonchev–Trinajstić information content (AvgIpc) is 2.99. The number of rotatable bonds is 6. The van der Waals surface area contributed by atoms with Gasteiger partial charge in [-0.15, -0.1) is 0 Å². The lowest BCUT2D eigenvalue weighted by Crippen LogP contribution is -2.08. The Morgan fingerprint density at radius 1 is 0.368 bits per heavy atom. The fourth-order valence-corrected chi connectivity index (χ4v) is 4.77. The van der Waals surface area contributed by atoms with Crippen molar-refractivity contribution < 1.29 is 0 Å². The van der Waals surface area contributed by atoms with Crippen LogP contribution >= 0.6 is 0 Å². The van der Waals surface area contributed by atoms with E-state index in [1.807, 2.05) is 0 Å². The predicted molar refractivity (Wildman–Crippen MR) is 167 cm³/mol. The summed E-state index contributed by atoms with van der Waals surface area (Å²) in [5.41, 5.74) is 7.10. The minimum Gasteiger partial charge on any atom is -0.345 e. The maximum atomic E-state index is 2.23. The molecule has 0 N–H and O–H groups in total. The standard InChI is InChI=1S/C37H29N/c1-38(36-22-16-28(17-23-36)10-12-30-14-20-32-6-2-4-8-34(32)26-30)37-24-18-29(19-25-37)11-13-31-15-21-33-7-3-5-9-35(33)27-31/h2-27H,1H3/b12-10+,13-11+. The third-order valence-electron chi connectivity index (χ3n) is 7.04. The molecule has 6 aromatic rings. The average molecular weight is 488 g/mol. The molecule has 0 spiro atoms. The van der Waals surface area contributed by atoms with Gasteiger partial charge in [0.05, 0.1) is 0 Å². The molecule has 0 aromatic heterocycles. The van der Waals surface area contributed by atoms with Crippen molar-refractivity contribution in [2.45, 2.75) is 0 Å². The summed E-state index contributed by atoms with van der Waals surface area (Å²) in [6.07, 6.45) is 8.69. The maximum absolute atomic E-state index is 2.23. The summed E-state index contributed by atoms with van der Waals surface area (Å²) >= 11 is 0. The van der Waals surface area contributed by atoms with Gasteiger partial charge in [0, 0.05) is 18.4 Å². The van der Waals surface area contributed by atoms with Crippen molar-refractivity contribution in [1.29, 1.82) is 0 Å². The molecule has 38 heavy (non-hydrogen) atoms. The number of fused-ring (bicyclic) bond motifs is 2. The van der Waals surface area contributed by atoms with Gasteiger partial charge in [-0.3, -0.25) is 0 Å². The molecular weight excluding hydrogens is 458 g/mol. The van der Waals surface area contributed by atoms with Crippen LogP contribution in [0, 0.1) is 0 Å². The smallest absolute Gasteiger partial charge is 0.0408 e. The summed E-state index contributed by atoms with van der Waals surface area (Å²) in [6, 6.07) is 47.5.